The molecule has 3 aromatic rings. The molecule has 2 heterocycles. The van der Waals surface area contributed by atoms with E-state index in [-0.39, 0.29) is 6.03 Å². The second kappa shape index (κ2) is 10.3. The fourth-order valence-electron chi connectivity index (χ4n) is 3.40. The molecule has 0 spiro atoms. The van der Waals surface area contributed by atoms with Gasteiger partial charge in [0.15, 0.2) is 5.82 Å². The molecule has 0 saturated carbocycles. The van der Waals surface area contributed by atoms with Crippen LogP contribution >= 0.6 is 11.6 Å². The molecule has 1 aliphatic rings. The Morgan fingerprint density at radius 1 is 1.00 bits per heavy atom. The summed E-state index contributed by atoms with van der Waals surface area (Å²) < 4.78 is 10.9. The lowest BCUT2D eigenvalue weighted by Crippen LogP contribution is -2.49. The molecule has 1 fully saturated rings. The molecule has 8 nitrogen and oxygen atoms in total. The summed E-state index contributed by atoms with van der Waals surface area (Å²) in [5, 5.41) is 11.2. The van der Waals surface area contributed by atoms with Crippen LogP contribution < -0.4 is 14.8 Å². The fourth-order valence-corrected chi connectivity index (χ4v) is 3.52. The van der Waals surface area contributed by atoms with Crippen molar-refractivity contribution in [1.29, 1.82) is 0 Å². The topological polar surface area (TPSA) is 79.8 Å². The van der Waals surface area contributed by atoms with Crippen molar-refractivity contribution in [2.24, 2.45) is 0 Å². The van der Waals surface area contributed by atoms with E-state index in [9.17, 15) is 4.79 Å². The van der Waals surface area contributed by atoms with E-state index in [0.717, 1.165) is 36.7 Å². The number of benzene rings is 2. The molecular formula is C23H24ClN5O3. The van der Waals surface area contributed by atoms with Gasteiger partial charge in [0.2, 0.25) is 5.88 Å². The zero-order valence-electron chi connectivity index (χ0n) is 17.7. The van der Waals surface area contributed by atoms with Gasteiger partial charge in [0.25, 0.3) is 0 Å². The number of hydrogen-bond donors (Lipinski definition) is 1. The summed E-state index contributed by atoms with van der Waals surface area (Å²) in [4.78, 5) is 16.6. The third-order valence-corrected chi connectivity index (χ3v) is 5.35. The van der Waals surface area contributed by atoms with Gasteiger partial charge in [0.1, 0.15) is 11.5 Å². The Morgan fingerprint density at radius 2 is 1.78 bits per heavy atom. The molecular weight excluding hydrogens is 430 g/mol. The highest BCUT2D eigenvalue weighted by Gasteiger charge is 2.21. The number of nitrogens with zero attached hydrogens (tertiary/aromatic N) is 4. The van der Waals surface area contributed by atoms with Crippen LogP contribution in [0.1, 0.15) is 5.56 Å². The van der Waals surface area contributed by atoms with Gasteiger partial charge in [-0.25, -0.2) is 4.79 Å². The van der Waals surface area contributed by atoms with Gasteiger partial charge in [0.05, 0.1) is 7.11 Å². The molecule has 0 aliphatic carbocycles. The predicted octanol–water partition coefficient (Wildman–Crippen LogP) is 4.28. The molecule has 0 radical (unpaired) electrons. The lowest BCUT2D eigenvalue weighted by atomic mass is 10.2. The quantitative estimate of drug-likeness (QED) is 0.600. The average molecular weight is 454 g/mol. The summed E-state index contributed by atoms with van der Waals surface area (Å²) in [6.07, 6.45) is 0. The summed E-state index contributed by atoms with van der Waals surface area (Å²) in [6, 6.07) is 18.5. The minimum atomic E-state index is -0.178. The number of carbonyl (C=O) groups is 1. The first-order chi connectivity index (χ1) is 15.6. The van der Waals surface area contributed by atoms with Crippen LogP contribution in [0.3, 0.4) is 0 Å². The first-order valence-electron chi connectivity index (χ1n) is 10.3. The van der Waals surface area contributed by atoms with Crippen molar-refractivity contribution in [1.82, 2.24) is 20.0 Å². The first kappa shape index (κ1) is 21.9. The van der Waals surface area contributed by atoms with Crippen molar-refractivity contribution in [2.75, 3.05) is 38.6 Å². The largest absolute Gasteiger partial charge is 0.480 e. The predicted molar refractivity (Wildman–Crippen MR) is 122 cm³/mol. The Morgan fingerprint density at radius 3 is 2.47 bits per heavy atom. The zero-order valence-corrected chi connectivity index (χ0v) is 18.5. The number of amides is 2. The van der Waals surface area contributed by atoms with E-state index in [2.05, 4.69) is 26.5 Å². The molecule has 166 valence electrons. The average Bonchev–Trinajstić information content (AvgIpc) is 2.82. The summed E-state index contributed by atoms with van der Waals surface area (Å²) in [6.45, 7) is 3.62. The van der Waals surface area contributed by atoms with Crippen molar-refractivity contribution in [2.45, 2.75) is 6.54 Å². The molecule has 32 heavy (non-hydrogen) atoms. The van der Waals surface area contributed by atoms with Gasteiger partial charge in [-0.3, -0.25) is 10.2 Å². The monoisotopic (exact) mass is 453 g/mol. The highest BCUT2D eigenvalue weighted by Crippen LogP contribution is 2.24. The van der Waals surface area contributed by atoms with Crippen LogP contribution in [-0.4, -0.2) is 59.3 Å². The van der Waals surface area contributed by atoms with Crippen LogP contribution in [0, 0.1) is 0 Å². The maximum Gasteiger partial charge on any atom is 0.323 e. The first-order valence-corrected chi connectivity index (χ1v) is 10.7. The van der Waals surface area contributed by atoms with Gasteiger partial charge in [-0.05, 0) is 48.0 Å². The molecule has 2 aromatic carbocycles. The number of carbonyl (C=O) groups excluding carboxylic acids is 1. The van der Waals surface area contributed by atoms with Crippen LogP contribution in [0.2, 0.25) is 5.02 Å². The number of aromatic nitrogens is 2. The van der Waals surface area contributed by atoms with Gasteiger partial charge >= 0.3 is 6.03 Å². The summed E-state index contributed by atoms with van der Waals surface area (Å²) in [5.41, 5.74) is 1.16. The molecule has 0 atom stereocenters. The molecule has 1 aromatic heterocycles. The summed E-state index contributed by atoms with van der Waals surface area (Å²) in [5.74, 6) is 2.33. The van der Waals surface area contributed by atoms with Crippen LogP contribution in [0.25, 0.3) is 0 Å². The minimum absolute atomic E-state index is 0.178. The molecule has 9 heteroatoms. The number of halogens is 1. The Hall–Kier alpha value is -3.36. The molecule has 0 unspecified atom stereocenters. The number of methoxy groups -OCH3 is 1. The smallest absolute Gasteiger partial charge is 0.323 e. The molecule has 1 saturated heterocycles. The number of urea groups is 1. The number of hydrogen-bond acceptors (Lipinski definition) is 6. The SMILES string of the molecule is COc1ccc(NC(=O)N2CCN(Cc3cccc(Oc4ccc(Cl)cc4)c3)CC2)nn1. The standard InChI is InChI=1S/C23H24ClN5O3/c1-31-22-10-9-21(26-27-22)25-23(30)29-13-11-28(12-14-29)16-17-3-2-4-20(15-17)32-19-7-5-18(24)6-8-19/h2-10,15H,11-14,16H2,1H3,(H,25,26,30). The van der Waals surface area contributed by atoms with Crippen LogP contribution in [0.5, 0.6) is 17.4 Å². The van der Waals surface area contributed by atoms with Gasteiger partial charge in [-0.2, -0.15) is 0 Å². The van der Waals surface area contributed by atoms with E-state index in [1.807, 2.05) is 30.3 Å². The highest BCUT2D eigenvalue weighted by molar-refractivity contribution is 6.30. The lowest BCUT2D eigenvalue weighted by Gasteiger charge is -2.34. The number of piperazine rings is 1. The van der Waals surface area contributed by atoms with E-state index >= 15 is 0 Å². The maximum absolute atomic E-state index is 12.5. The molecule has 2 amide bonds. The van der Waals surface area contributed by atoms with Gasteiger partial charge in [-0.1, -0.05) is 23.7 Å². The maximum atomic E-state index is 12.5. The fraction of sp³-hybridized carbons (Fsp3) is 0.261. The van der Waals surface area contributed by atoms with E-state index < -0.39 is 0 Å². The van der Waals surface area contributed by atoms with Gasteiger partial charge in [-0.15, -0.1) is 10.2 Å². The van der Waals surface area contributed by atoms with Crippen molar-refractivity contribution < 1.29 is 14.3 Å². The highest BCUT2D eigenvalue weighted by atomic mass is 35.5. The van der Waals surface area contributed by atoms with Crippen molar-refractivity contribution in [3.8, 4) is 17.4 Å². The van der Waals surface area contributed by atoms with E-state index in [1.54, 1.807) is 29.2 Å². The number of nitrogens with one attached hydrogen (secondary N) is 1. The van der Waals surface area contributed by atoms with Crippen molar-refractivity contribution in [3.05, 3.63) is 71.2 Å². The third-order valence-electron chi connectivity index (χ3n) is 5.10. The van der Waals surface area contributed by atoms with E-state index in [1.165, 1.54) is 7.11 Å². The zero-order chi connectivity index (χ0) is 22.3. The van der Waals surface area contributed by atoms with Gasteiger partial charge in [0, 0.05) is 43.8 Å². The molecule has 1 aliphatic heterocycles. The van der Waals surface area contributed by atoms with Crippen LogP contribution in [0.4, 0.5) is 10.6 Å². The van der Waals surface area contributed by atoms with Crippen LogP contribution in [-0.2, 0) is 6.54 Å². The summed E-state index contributed by atoms with van der Waals surface area (Å²) >= 11 is 5.93. The Kier molecular flexibility index (Phi) is 7.03. The Labute approximate surface area is 191 Å². The van der Waals surface area contributed by atoms with Crippen molar-refractivity contribution in [3.63, 3.8) is 0 Å². The van der Waals surface area contributed by atoms with E-state index in [4.69, 9.17) is 21.1 Å². The number of ether oxygens (including phenoxy) is 2. The third kappa shape index (κ3) is 5.87. The van der Waals surface area contributed by atoms with E-state index in [0.29, 0.717) is 29.8 Å². The van der Waals surface area contributed by atoms with Gasteiger partial charge < -0.3 is 14.4 Å². The number of anilines is 1. The van der Waals surface area contributed by atoms with Crippen LogP contribution in [0.15, 0.2) is 60.7 Å². The Balaban J connectivity index is 1.27. The second-order valence-electron chi connectivity index (χ2n) is 7.36. The molecule has 0 bridgehead atoms. The second-order valence-corrected chi connectivity index (χ2v) is 7.79. The Bertz CT molecular complexity index is 1040. The lowest BCUT2D eigenvalue weighted by molar-refractivity contribution is 0.143. The minimum Gasteiger partial charge on any atom is -0.480 e. The number of rotatable bonds is 6. The van der Waals surface area contributed by atoms with Crippen molar-refractivity contribution >= 4 is 23.4 Å². The summed E-state index contributed by atoms with van der Waals surface area (Å²) in [7, 11) is 1.52. The normalized spacial score (nSPS) is 14.1. The molecule has 4 rings (SSSR count). The molecule has 1 N–H and O–H groups in total.